The monoisotopic (exact) mass is 306 g/mol. The minimum atomic E-state index is -0.0141. The molecular weight excluding hydrogens is 284 g/mol. The molecule has 1 fully saturated rings. The number of piperidine rings is 1. The molecule has 1 unspecified atom stereocenters. The van der Waals surface area contributed by atoms with Gasteiger partial charge in [-0.25, -0.2) is 14.2 Å². The molecule has 0 spiro atoms. The quantitative estimate of drug-likeness (QED) is 0.781. The SMILES string of the molecule is CCn1c(C2CCCNC2)nn(CCCn2cnnn2)c1=O. The van der Waals surface area contributed by atoms with Crippen molar-refractivity contribution in [1.29, 1.82) is 0 Å². The van der Waals surface area contributed by atoms with Gasteiger partial charge in [0, 0.05) is 32.1 Å². The molecule has 9 nitrogen and oxygen atoms in total. The van der Waals surface area contributed by atoms with E-state index in [-0.39, 0.29) is 5.69 Å². The van der Waals surface area contributed by atoms with Gasteiger partial charge in [0.25, 0.3) is 0 Å². The first-order valence-corrected chi connectivity index (χ1v) is 7.88. The van der Waals surface area contributed by atoms with Crippen molar-refractivity contribution in [2.45, 2.75) is 51.7 Å². The summed E-state index contributed by atoms with van der Waals surface area (Å²) in [4.78, 5) is 12.5. The molecule has 0 amide bonds. The molecule has 1 saturated heterocycles. The summed E-state index contributed by atoms with van der Waals surface area (Å²) in [6.45, 7) is 5.88. The average molecular weight is 306 g/mol. The molecule has 0 bridgehead atoms. The van der Waals surface area contributed by atoms with E-state index in [2.05, 4.69) is 25.9 Å². The van der Waals surface area contributed by atoms with Crippen LogP contribution >= 0.6 is 0 Å². The predicted octanol–water partition coefficient (Wildman–Crippen LogP) is -0.391. The standard InChI is InChI=1S/C13H22N8O/c1-2-20-12(11-5-3-6-14-9-11)16-21(13(20)22)8-4-7-19-10-15-17-18-19/h10-11,14H,2-9H2,1H3. The fraction of sp³-hybridized carbons (Fsp3) is 0.769. The number of tetrazole rings is 1. The van der Waals surface area contributed by atoms with E-state index >= 15 is 0 Å². The largest absolute Gasteiger partial charge is 0.345 e. The van der Waals surface area contributed by atoms with E-state index in [1.807, 2.05) is 6.92 Å². The lowest BCUT2D eigenvalue weighted by Gasteiger charge is -2.21. The third-order valence-corrected chi connectivity index (χ3v) is 4.08. The van der Waals surface area contributed by atoms with Crippen LogP contribution in [0.3, 0.4) is 0 Å². The lowest BCUT2D eigenvalue weighted by Crippen LogP contribution is -2.31. The Kier molecular flexibility index (Phi) is 4.62. The molecule has 9 heteroatoms. The van der Waals surface area contributed by atoms with E-state index in [4.69, 9.17) is 0 Å². The van der Waals surface area contributed by atoms with Crippen LogP contribution in [0.25, 0.3) is 0 Å². The van der Waals surface area contributed by atoms with Crippen molar-refractivity contribution in [3.05, 3.63) is 22.6 Å². The van der Waals surface area contributed by atoms with Gasteiger partial charge >= 0.3 is 5.69 Å². The molecule has 0 radical (unpaired) electrons. The van der Waals surface area contributed by atoms with Crippen molar-refractivity contribution >= 4 is 0 Å². The minimum Gasteiger partial charge on any atom is -0.316 e. The molecule has 3 heterocycles. The van der Waals surface area contributed by atoms with Gasteiger partial charge in [-0.15, -0.1) is 5.10 Å². The smallest absolute Gasteiger partial charge is 0.316 e. The van der Waals surface area contributed by atoms with Crippen LogP contribution in [0.5, 0.6) is 0 Å². The summed E-state index contributed by atoms with van der Waals surface area (Å²) in [5.41, 5.74) is -0.0141. The molecule has 1 atom stereocenters. The molecule has 0 saturated carbocycles. The Labute approximate surface area is 128 Å². The second-order valence-electron chi connectivity index (χ2n) is 5.58. The molecule has 1 aliphatic rings. The van der Waals surface area contributed by atoms with Gasteiger partial charge in [-0.1, -0.05) is 0 Å². The molecule has 1 aliphatic heterocycles. The van der Waals surface area contributed by atoms with Crippen molar-refractivity contribution < 1.29 is 0 Å². The number of hydrogen-bond acceptors (Lipinski definition) is 6. The maximum Gasteiger partial charge on any atom is 0.345 e. The van der Waals surface area contributed by atoms with Gasteiger partial charge in [-0.3, -0.25) is 4.57 Å². The number of nitrogens with zero attached hydrogens (tertiary/aromatic N) is 7. The van der Waals surface area contributed by atoms with Crippen LogP contribution in [0.15, 0.2) is 11.1 Å². The summed E-state index contributed by atoms with van der Waals surface area (Å²) in [6.07, 6.45) is 4.57. The van der Waals surface area contributed by atoms with E-state index in [1.54, 1.807) is 20.3 Å². The number of aromatic nitrogens is 7. The Balaban J connectivity index is 1.71. The Morgan fingerprint density at radius 1 is 1.41 bits per heavy atom. The van der Waals surface area contributed by atoms with E-state index in [0.717, 1.165) is 38.2 Å². The van der Waals surface area contributed by atoms with Crippen molar-refractivity contribution in [2.24, 2.45) is 0 Å². The zero-order chi connectivity index (χ0) is 15.4. The van der Waals surface area contributed by atoms with Crippen molar-refractivity contribution in [1.82, 2.24) is 39.9 Å². The molecule has 0 aliphatic carbocycles. The highest BCUT2D eigenvalue weighted by Crippen LogP contribution is 2.20. The van der Waals surface area contributed by atoms with E-state index in [0.29, 0.717) is 25.6 Å². The van der Waals surface area contributed by atoms with Crippen molar-refractivity contribution in [3.63, 3.8) is 0 Å². The Bertz CT molecular complexity index is 638. The Morgan fingerprint density at radius 2 is 2.32 bits per heavy atom. The first kappa shape index (κ1) is 14.9. The van der Waals surface area contributed by atoms with Crippen LogP contribution < -0.4 is 11.0 Å². The maximum atomic E-state index is 12.5. The van der Waals surface area contributed by atoms with E-state index in [1.165, 1.54) is 0 Å². The number of aryl methyl sites for hydroxylation is 2. The highest BCUT2D eigenvalue weighted by atomic mass is 16.2. The van der Waals surface area contributed by atoms with Gasteiger partial charge in [0.15, 0.2) is 0 Å². The van der Waals surface area contributed by atoms with Crippen LogP contribution in [-0.4, -0.2) is 47.6 Å². The summed E-state index contributed by atoms with van der Waals surface area (Å²) in [7, 11) is 0. The molecule has 0 aromatic carbocycles. The van der Waals surface area contributed by atoms with Crippen LogP contribution in [0, 0.1) is 0 Å². The van der Waals surface area contributed by atoms with Gasteiger partial charge < -0.3 is 5.32 Å². The Hall–Kier alpha value is -2.03. The number of hydrogen-bond donors (Lipinski definition) is 1. The summed E-state index contributed by atoms with van der Waals surface area (Å²) in [5.74, 6) is 1.25. The zero-order valence-electron chi connectivity index (χ0n) is 12.9. The topological polar surface area (TPSA) is 95.5 Å². The predicted molar refractivity (Wildman–Crippen MR) is 79.4 cm³/mol. The normalized spacial score (nSPS) is 18.7. The highest BCUT2D eigenvalue weighted by molar-refractivity contribution is 5.00. The fourth-order valence-electron chi connectivity index (χ4n) is 2.94. The minimum absolute atomic E-state index is 0.0141. The number of nitrogens with one attached hydrogen (secondary N) is 1. The maximum absolute atomic E-state index is 12.5. The second kappa shape index (κ2) is 6.82. The Morgan fingerprint density at radius 3 is 3.00 bits per heavy atom. The van der Waals surface area contributed by atoms with Crippen molar-refractivity contribution in [3.8, 4) is 0 Å². The van der Waals surface area contributed by atoms with Gasteiger partial charge in [-0.05, 0) is 43.2 Å². The van der Waals surface area contributed by atoms with Gasteiger partial charge in [0.05, 0.1) is 0 Å². The molecule has 1 N–H and O–H groups in total. The molecule has 120 valence electrons. The first-order valence-electron chi connectivity index (χ1n) is 7.88. The van der Waals surface area contributed by atoms with Gasteiger partial charge in [0.2, 0.25) is 0 Å². The molecular formula is C13H22N8O. The first-order chi connectivity index (χ1) is 10.8. The summed E-state index contributed by atoms with van der Waals surface area (Å²) < 4.78 is 5.04. The zero-order valence-corrected chi connectivity index (χ0v) is 12.9. The van der Waals surface area contributed by atoms with Crippen LogP contribution in [0.4, 0.5) is 0 Å². The second-order valence-corrected chi connectivity index (χ2v) is 5.58. The van der Waals surface area contributed by atoms with Gasteiger partial charge in [0.1, 0.15) is 12.2 Å². The summed E-state index contributed by atoms with van der Waals surface area (Å²) in [5, 5.41) is 19.0. The van der Waals surface area contributed by atoms with Crippen LogP contribution in [-0.2, 0) is 19.6 Å². The van der Waals surface area contributed by atoms with Crippen molar-refractivity contribution in [2.75, 3.05) is 13.1 Å². The number of rotatable bonds is 6. The molecule has 2 aromatic heterocycles. The third-order valence-electron chi connectivity index (χ3n) is 4.08. The lowest BCUT2D eigenvalue weighted by atomic mass is 9.99. The third kappa shape index (κ3) is 3.08. The molecule has 2 aromatic rings. The molecule has 3 rings (SSSR count). The summed E-state index contributed by atoms with van der Waals surface area (Å²) in [6, 6.07) is 0. The van der Waals surface area contributed by atoms with Crippen LogP contribution in [0.1, 0.15) is 37.9 Å². The lowest BCUT2D eigenvalue weighted by molar-refractivity contribution is 0.429. The summed E-state index contributed by atoms with van der Waals surface area (Å²) >= 11 is 0. The molecule has 22 heavy (non-hydrogen) atoms. The van der Waals surface area contributed by atoms with E-state index in [9.17, 15) is 4.79 Å². The average Bonchev–Trinajstić information content (AvgIpc) is 3.17. The van der Waals surface area contributed by atoms with E-state index < -0.39 is 0 Å². The fourth-order valence-corrected chi connectivity index (χ4v) is 2.94. The highest BCUT2D eigenvalue weighted by Gasteiger charge is 2.23. The van der Waals surface area contributed by atoms with Gasteiger partial charge in [-0.2, -0.15) is 5.10 Å². The van der Waals surface area contributed by atoms with Crippen LogP contribution in [0.2, 0.25) is 0 Å².